The van der Waals surface area contributed by atoms with Crippen molar-refractivity contribution in [3.8, 4) is 0 Å². The maximum atomic E-state index is 12.4. The summed E-state index contributed by atoms with van der Waals surface area (Å²) in [5, 5.41) is 9.69. The molecule has 122 valence electrons. The van der Waals surface area contributed by atoms with E-state index in [0.717, 1.165) is 24.0 Å². The molecular weight excluding hydrogens is 302 g/mol. The molecule has 4 nitrogen and oxygen atoms in total. The van der Waals surface area contributed by atoms with E-state index in [1.54, 1.807) is 4.90 Å². The number of hydrogen-bond acceptors (Lipinski definition) is 3. The standard InChI is InChI=1S/C17H24ClNO3/c1-17(2,3)22-16(21)19(14-5-6-14)11-13-10-12(8-9-20)4-7-15(13)18/h4,7,10,14,20H,5-6,8-9,11H2,1-3H3. The molecule has 0 aromatic heterocycles. The number of benzene rings is 1. The lowest BCUT2D eigenvalue weighted by atomic mass is 10.1. The highest BCUT2D eigenvalue weighted by molar-refractivity contribution is 6.31. The highest BCUT2D eigenvalue weighted by atomic mass is 35.5. The van der Waals surface area contributed by atoms with Gasteiger partial charge in [-0.05, 0) is 57.2 Å². The number of rotatable bonds is 5. The minimum atomic E-state index is -0.507. The van der Waals surface area contributed by atoms with Crippen molar-refractivity contribution in [1.82, 2.24) is 4.90 Å². The fourth-order valence-corrected chi connectivity index (χ4v) is 2.44. The first kappa shape index (κ1) is 17.1. The summed E-state index contributed by atoms with van der Waals surface area (Å²) in [4.78, 5) is 14.1. The normalized spacial score (nSPS) is 14.8. The van der Waals surface area contributed by atoms with Crippen molar-refractivity contribution in [2.45, 2.75) is 58.2 Å². The third-order valence-corrected chi connectivity index (χ3v) is 3.84. The van der Waals surface area contributed by atoms with Crippen molar-refractivity contribution in [3.63, 3.8) is 0 Å². The molecule has 2 rings (SSSR count). The molecule has 0 radical (unpaired) electrons. The fourth-order valence-electron chi connectivity index (χ4n) is 2.27. The van der Waals surface area contributed by atoms with Crippen LogP contribution in [0.15, 0.2) is 18.2 Å². The summed E-state index contributed by atoms with van der Waals surface area (Å²) >= 11 is 6.26. The highest BCUT2D eigenvalue weighted by Crippen LogP contribution is 2.31. The molecule has 1 aliphatic carbocycles. The van der Waals surface area contributed by atoms with E-state index in [9.17, 15) is 4.79 Å². The minimum Gasteiger partial charge on any atom is -0.444 e. The number of ether oxygens (including phenoxy) is 1. The summed E-state index contributed by atoms with van der Waals surface area (Å²) in [7, 11) is 0. The second-order valence-corrected chi connectivity index (χ2v) is 7.15. The van der Waals surface area contributed by atoms with E-state index in [4.69, 9.17) is 21.4 Å². The van der Waals surface area contributed by atoms with Gasteiger partial charge in [0, 0.05) is 17.7 Å². The van der Waals surface area contributed by atoms with Crippen LogP contribution >= 0.6 is 11.6 Å². The zero-order valence-electron chi connectivity index (χ0n) is 13.4. The van der Waals surface area contributed by atoms with Crippen molar-refractivity contribution in [2.75, 3.05) is 6.61 Å². The molecule has 5 heteroatoms. The molecule has 1 aromatic carbocycles. The first-order valence-electron chi connectivity index (χ1n) is 7.68. The first-order valence-corrected chi connectivity index (χ1v) is 8.06. The average molecular weight is 326 g/mol. The van der Waals surface area contributed by atoms with Gasteiger partial charge in [-0.25, -0.2) is 4.79 Å². The Hall–Kier alpha value is -1.26. The lowest BCUT2D eigenvalue weighted by molar-refractivity contribution is 0.0216. The maximum Gasteiger partial charge on any atom is 0.410 e. The van der Waals surface area contributed by atoms with E-state index in [2.05, 4.69) is 0 Å². The van der Waals surface area contributed by atoms with Crippen LogP contribution in [0.4, 0.5) is 4.79 Å². The fraction of sp³-hybridized carbons (Fsp3) is 0.588. The van der Waals surface area contributed by atoms with Gasteiger partial charge in [-0.3, -0.25) is 0 Å². The Labute approximate surface area is 137 Å². The van der Waals surface area contributed by atoms with Crippen LogP contribution in [0.3, 0.4) is 0 Å². The lowest BCUT2D eigenvalue weighted by Crippen LogP contribution is -2.37. The molecule has 1 saturated carbocycles. The summed E-state index contributed by atoms with van der Waals surface area (Å²) in [6, 6.07) is 5.92. The van der Waals surface area contributed by atoms with Crippen LogP contribution < -0.4 is 0 Å². The highest BCUT2D eigenvalue weighted by Gasteiger charge is 2.35. The number of hydrogen-bond donors (Lipinski definition) is 1. The second-order valence-electron chi connectivity index (χ2n) is 6.74. The SMILES string of the molecule is CC(C)(C)OC(=O)N(Cc1cc(CCO)ccc1Cl)C1CC1. The van der Waals surface area contributed by atoms with Crippen LogP contribution in [0.5, 0.6) is 0 Å². The summed E-state index contributed by atoms with van der Waals surface area (Å²) in [6.45, 7) is 6.14. The summed E-state index contributed by atoms with van der Waals surface area (Å²) in [5.74, 6) is 0. The zero-order valence-corrected chi connectivity index (χ0v) is 14.2. The van der Waals surface area contributed by atoms with Gasteiger partial charge in [-0.15, -0.1) is 0 Å². The Bertz CT molecular complexity index is 535. The number of amides is 1. The Kier molecular flexibility index (Phi) is 5.35. The molecule has 0 bridgehead atoms. The van der Waals surface area contributed by atoms with Crippen LogP contribution in [0.1, 0.15) is 44.7 Å². The van der Waals surface area contributed by atoms with Gasteiger partial charge in [0.25, 0.3) is 0 Å². The Morgan fingerprint density at radius 1 is 1.41 bits per heavy atom. The van der Waals surface area contributed by atoms with Crippen LogP contribution in [0, 0.1) is 0 Å². The van der Waals surface area contributed by atoms with Crippen molar-refractivity contribution in [2.24, 2.45) is 0 Å². The van der Waals surface area contributed by atoms with Crippen molar-refractivity contribution >= 4 is 17.7 Å². The molecule has 1 aromatic rings. The monoisotopic (exact) mass is 325 g/mol. The third-order valence-electron chi connectivity index (χ3n) is 3.47. The summed E-state index contributed by atoms with van der Waals surface area (Å²) in [5.41, 5.74) is 1.40. The van der Waals surface area contributed by atoms with Gasteiger partial charge >= 0.3 is 6.09 Å². The van der Waals surface area contributed by atoms with Gasteiger partial charge in [0.15, 0.2) is 0 Å². The summed E-state index contributed by atoms with van der Waals surface area (Å²) in [6.07, 6.45) is 2.30. The number of carbonyl (C=O) groups excluding carboxylic acids is 1. The molecule has 22 heavy (non-hydrogen) atoms. The molecule has 1 N–H and O–H groups in total. The van der Waals surface area contributed by atoms with E-state index < -0.39 is 5.60 Å². The summed E-state index contributed by atoms with van der Waals surface area (Å²) < 4.78 is 5.49. The van der Waals surface area contributed by atoms with E-state index in [-0.39, 0.29) is 18.7 Å². The molecule has 0 spiro atoms. The van der Waals surface area contributed by atoms with E-state index in [1.807, 2.05) is 39.0 Å². The van der Waals surface area contributed by atoms with Crippen LogP contribution in [0.25, 0.3) is 0 Å². The van der Waals surface area contributed by atoms with Crippen LogP contribution in [0.2, 0.25) is 5.02 Å². The Morgan fingerprint density at radius 3 is 2.64 bits per heavy atom. The largest absolute Gasteiger partial charge is 0.444 e. The van der Waals surface area contributed by atoms with Crippen molar-refractivity contribution in [3.05, 3.63) is 34.3 Å². The molecule has 0 heterocycles. The van der Waals surface area contributed by atoms with Gasteiger partial charge in [0.2, 0.25) is 0 Å². The number of aliphatic hydroxyl groups excluding tert-OH is 1. The lowest BCUT2D eigenvalue weighted by Gasteiger charge is -2.28. The topological polar surface area (TPSA) is 49.8 Å². The molecule has 0 aliphatic heterocycles. The smallest absolute Gasteiger partial charge is 0.410 e. The van der Waals surface area contributed by atoms with E-state index in [1.165, 1.54) is 0 Å². The number of halogens is 1. The van der Waals surface area contributed by atoms with Crippen LogP contribution in [-0.4, -0.2) is 34.3 Å². The van der Waals surface area contributed by atoms with Gasteiger partial charge in [0.1, 0.15) is 5.60 Å². The average Bonchev–Trinajstić information content (AvgIpc) is 3.21. The van der Waals surface area contributed by atoms with E-state index in [0.29, 0.717) is 18.0 Å². The predicted molar refractivity (Wildman–Crippen MR) is 87.0 cm³/mol. The molecular formula is C17H24ClNO3. The van der Waals surface area contributed by atoms with Crippen LogP contribution in [-0.2, 0) is 17.7 Å². The van der Waals surface area contributed by atoms with Gasteiger partial charge in [-0.1, -0.05) is 23.7 Å². The molecule has 1 fully saturated rings. The first-order chi connectivity index (χ1) is 10.3. The zero-order chi connectivity index (χ0) is 16.3. The maximum absolute atomic E-state index is 12.4. The Balaban J connectivity index is 2.14. The molecule has 0 atom stereocenters. The van der Waals surface area contributed by atoms with Crippen molar-refractivity contribution < 1.29 is 14.6 Å². The Morgan fingerprint density at radius 2 is 2.09 bits per heavy atom. The second kappa shape index (κ2) is 6.88. The third kappa shape index (κ3) is 4.89. The van der Waals surface area contributed by atoms with Gasteiger partial charge < -0.3 is 14.7 Å². The molecule has 1 aliphatic rings. The van der Waals surface area contributed by atoms with Gasteiger partial charge in [0.05, 0.1) is 6.54 Å². The number of aliphatic hydroxyl groups is 1. The van der Waals surface area contributed by atoms with Gasteiger partial charge in [-0.2, -0.15) is 0 Å². The van der Waals surface area contributed by atoms with Crippen molar-refractivity contribution in [1.29, 1.82) is 0 Å². The molecule has 0 saturated heterocycles. The predicted octanol–water partition coefficient (Wildman–Crippen LogP) is 3.77. The number of nitrogens with zero attached hydrogens (tertiary/aromatic N) is 1. The molecule has 1 amide bonds. The molecule has 0 unspecified atom stereocenters. The van der Waals surface area contributed by atoms with E-state index >= 15 is 0 Å². The number of carbonyl (C=O) groups is 1. The quantitative estimate of drug-likeness (QED) is 0.896. The minimum absolute atomic E-state index is 0.0967.